The first-order chi connectivity index (χ1) is 10.0. The van der Waals surface area contributed by atoms with Crippen LogP contribution in [0.5, 0.6) is 0 Å². The molecule has 1 heterocycles. The number of hydrogen-bond acceptors (Lipinski definition) is 4. The van der Waals surface area contributed by atoms with Gasteiger partial charge in [-0.2, -0.15) is 0 Å². The van der Waals surface area contributed by atoms with E-state index in [1.165, 1.54) is 11.3 Å². The van der Waals surface area contributed by atoms with E-state index >= 15 is 0 Å². The summed E-state index contributed by atoms with van der Waals surface area (Å²) in [6.45, 7) is 5.44. The number of rotatable bonds is 2. The first-order valence-electron chi connectivity index (χ1n) is 6.47. The van der Waals surface area contributed by atoms with Gasteiger partial charge in [0.1, 0.15) is 11.5 Å². The van der Waals surface area contributed by atoms with Crippen molar-refractivity contribution in [2.24, 2.45) is 0 Å². The molecule has 0 unspecified atom stereocenters. The van der Waals surface area contributed by atoms with Gasteiger partial charge in [-0.3, -0.25) is 4.79 Å². The Labute approximate surface area is 127 Å². The summed E-state index contributed by atoms with van der Waals surface area (Å²) < 4.78 is 0. The summed E-state index contributed by atoms with van der Waals surface area (Å²) in [7, 11) is 0. The Hall–Kier alpha value is -2.16. The molecule has 2 N–H and O–H groups in total. The summed E-state index contributed by atoms with van der Waals surface area (Å²) in [6.07, 6.45) is 0. The van der Waals surface area contributed by atoms with Crippen molar-refractivity contribution in [3.8, 4) is 11.8 Å². The number of aliphatic hydroxyl groups is 1. The summed E-state index contributed by atoms with van der Waals surface area (Å²) in [5.74, 6) is 5.26. The number of benzene rings is 1. The summed E-state index contributed by atoms with van der Waals surface area (Å²) >= 11 is 1.38. The second kappa shape index (κ2) is 6.53. The Morgan fingerprint density at radius 3 is 2.76 bits per heavy atom. The van der Waals surface area contributed by atoms with Crippen molar-refractivity contribution in [1.82, 2.24) is 4.98 Å². The molecular weight excluding hydrogens is 284 g/mol. The molecule has 5 heteroatoms. The highest BCUT2D eigenvalue weighted by molar-refractivity contribution is 7.13. The fourth-order valence-electron chi connectivity index (χ4n) is 1.90. The van der Waals surface area contributed by atoms with E-state index in [0.717, 1.165) is 27.5 Å². The van der Waals surface area contributed by atoms with Gasteiger partial charge in [0.25, 0.3) is 5.91 Å². The van der Waals surface area contributed by atoms with E-state index in [1.807, 2.05) is 32.9 Å². The predicted molar refractivity (Wildman–Crippen MR) is 84.7 cm³/mol. The molecule has 0 fully saturated rings. The predicted octanol–water partition coefficient (Wildman–Crippen LogP) is 2.66. The number of anilines is 1. The van der Waals surface area contributed by atoms with Gasteiger partial charge in [0.05, 0.1) is 10.7 Å². The third kappa shape index (κ3) is 3.69. The molecule has 0 aliphatic carbocycles. The minimum atomic E-state index is -0.186. The van der Waals surface area contributed by atoms with Gasteiger partial charge in [-0.25, -0.2) is 4.98 Å². The molecule has 4 nitrogen and oxygen atoms in total. The van der Waals surface area contributed by atoms with Gasteiger partial charge in [-0.1, -0.05) is 17.9 Å². The van der Waals surface area contributed by atoms with E-state index in [4.69, 9.17) is 5.11 Å². The molecule has 0 saturated carbocycles. The number of aliphatic hydroxyl groups excluding tert-OH is 1. The number of aryl methyl sites for hydroxylation is 3. The van der Waals surface area contributed by atoms with Crippen LogP contribution in [-0.4, -0.2) is 22.6 Å². The molecule has 2 aromatic rings. The third-order valence-corrected chi connectivity index (χ3v) is 3.98. The average molecular weight is 300 g/mol. The first kappa shape index (κ1) is 15.2. The minimum Gasteiger partial charge on any atom is -0.384 e. The zero-order chi connectivity index (χ0) is 15.4. The molecule has 0 spiro atoms. The highest BCUT2D eigenvalue weighted by Crippen LogP contribution is 2.21. The van der Waals surface area contributed by atoms with Crippen molar-refractivity contribution in [1.29, 1.82) is 0 Å². The quantitative estimate of drug-likeness (QED) is 0.838. The average Bonchev–Trinajstić information content (AvgIpc) is 2.78. The van der Waals surface area contributed by atoms with Crippen LogP contribution in [0.15, 0.2) is 18.2 Å². The number of thiazole rings is 1. The highest BCUT2D eigenvalue weighted by Gasteiger charge is 2.14. The molecule has 1 aromatic heterocycles. The molecule has 1 aromatic carbocycles. The monoisotopic (exact) mass is 300 g/mol. The lowest BCUT2D eigenvalue weighted by molar-refractivity contribution is 0.102. The summed E-state index contributed by atoms with van der Waals surface area (Å²) in [5.41, 5.74) is 3.16. The van der Waals surface area contributed by atoms with Crippen molar-refractivity contribution >= 4 is 22.9 Å². The molecule has 0 aliphatic heterocycles. The number of nitrogens with zero attached hydrogens (tertiary/aromatic N) is 1. The fraction of sp³-hybridized carbons (Fsp3) is 0.250. The molecule has 0 radical (unpaired) electrons. The third-order valence-electron chi connectivity index (χ3n) is 2.91. The van der Waals surface area contributed by atoms with Gasteiger partial charge < -0.3 is 10.4 Å². The number of aromatic nitrogens is 1. The second-order valence-corrected chi connectivity index (χ2v) is 5.79. The number of hydrogen-bond donors (Lipinski definition) is 2. The van der Waals surface area contributed by atoms with E-state index in [2.05, 4.69) is 22.1 Å². The second-order valence-electron chi connectivity index (χ2n) is 4.59. The maximum Gasteiger partial charge on any atom is 0.267 e. The summed E-state index contributed by atoms with van der Waals surface area (Å²) in [6, 6.07) is 5.55. The lowest BCUT2D eigenvalue weighted by Crippen LogP contribution is -2.12. The molecule has 108 valence electrons. The van der Waals surface area contributed by atoms with Gasteiger partial charge in [0, 0.05) is 11.3 Å². The Balaban J connectivity index is 2.26. The van der Waals surface area contributed by atoms with Crippen LogP contribution in [0.25, 0.3) is 0 Å². The molecule has 1 amide bonds. The van der Waals surface area contributed by atoms with Crippen LogP contribution in [0.2, 0.25) is 0 Å². The molecule has 2 rings (SSSR count). The first-order valence-corrected chi connectivity index (χ1v) is 7.28. The van der Waals surface area contributed by atoms with Crippen LogP contribution in [0.1, 0.15) is 31.5 Å². The zero-order valence-electron chi connectivity index (χ0n) is 12.2. The number of carbonyl (C=O) groups excluding carboxylic acids is 1. The van der Waals surface area contributed by atoms with Crippen molar-refractivity contribution in [3.05, 3.63) is 44.9 Å². The van der Waals surface area contributed by atoms with Gasteiger partial charge in [-0.15, -0.1) is 11.3 Å². The fourth-order valence-corrected chi connectivity index (χ4v) is 2.71. The molecule has 0 saturated heterocycles. The number of amides is 1. The Kier molecular flexibility index (Phi) is 4.73. The van der Waals surface area contributed by atoms with Crippen molar-refractivity contribution < 1.29 is 9.90 Å². The van der Waals surface area contributed by atoms with Crippen LogP contribution in [0.3, 0.4) is 0 Å². The van der Waals surface area contributed by atoms with Crippen LogP contribution >= 0.6 is 11.3 Å². The topological polar surface area (TPSA) is 62.2 Å². The van der Waals surface area contributed by atoms with Crippen molar-refractivity contribution in [2.75, 3.05) is 11.9 Å². The van der Waals surface area contributed by atoms with E-state index in [9.17, 15) is 4.79 Å². The minimum absolute atomic E-state index is 0.159. The smallest absolute Gasteiger partial charge is 0.267 e. The summed E-state index contributed by atoms with van der Waals surface area (Å²) in [4.78, 5) is 17.2. The van der Waals surface area contributed by atoms with Crippen LogP contribution in [-0.2, 0) is 0 Å². The largest absolute Gasteiger partial charge is 0.384 e. The molecule has 0 bridgehead atoms. The maximum atomic E-state index is 12.3. The normalized spacial score (nSPS) is 9.90. The Bertz CT molecular complexity index is 738. The van der Waals surface area contributed by atoms with E-state index in [1.54, 1.807) is 6.07 Å². The molecular formula is C16H16N2O2S. The lowest BCUT2D eigenvalue weighted by atomic mass is 10.1. The molecule has 0 aliphatic rings. The summed E-state index contributed by atoms with van der Waals surface area (Å²) in [5, 5.41) is 12.5. The van der Waals surface area contributed by atoms with Gasteiger partial charge in [0.2, 0.25) is 0 Å². The van der Waals surface area contributed by atoms with E-state index in [0.29, 0.717) is 4.88 Å². The van der Waals surface area contributed by atoms with Crippen LogP contribution in [0, 0.1) is 32.6 Å². The standard InChI is InChI=1S/C16H16N2O2S/c1-10-6-7-13(5-4-8-19)9-14(10)18-16(20)15-11(2)17-12(3)21-15/h6-7,9,19H,8H2,1-3H3,(H,18,20). The van der Waals surface area contributed by atoms with E-state index < -0.39 is 0 Å². The van der Waals surface area contributed by atoms with Crippen LogP contribution in [0.4, 0.5) is 5.69 Å². The SMILES string of the molecule is Cc1nc(C)c(C(=O)Nc2cc(C#CCO)ccc2C)s1. The van der Waals surface area contributed by atoms with Crippen molar-refractivity contribution in [3.63, 3.8) is 0 Å². The molecule has 0 atom stereocenters. The molecule has 21 heavy (non-hydrogen) atoms. The van der Waals surface area contributed by atoms with Gasteiger partial charge in [-0.05, 0) is 38.5 Å². The number of carbonyl (C=O) groups is 1. The zero-order valence-corrected chi connectivity index (χ0v) is 13.0. The highest BCUT2D eigenvalue weighted by atomic mass is 32.1. The Morgan fingerprint density at radius 2 is 2.14 bits per heavy atom. The van der Waals surface area contributed by atoms with Crippen LogP contribution < -0.4 is 5.32 Å². The maximum absolute atomic E-state index is 12.3. The van der Waals surface area contributed by atoms with Gasteiger partial charge in [0.15, 0.2) is 0 Å². The Morgan fingerprint density at radius 1 is 1.38 bits per heavy atom. The van der Waals surface area contributed by atoms with E-state index in [-0.39, 0.29) is 12.5 Å². The van der Waals surface area contributed by atoms with Gasteiger partial charge >= 0.3 is 0 Å². The number of nitrogens with one attached hydrogen (secondary N) is 1. The van der Waals surface area contributed by atoms with Crippen molar-refractivity contribution in [2.45, 2.75) is 20.8 Å². The lowest BCUT2D eigenvalue weighted by Gasteiger charge is -2.08.